The summed E-state index contributed by atoms with van der Waals surface area (Å²) in [5.41, 5.74) is 9.18. The summed E-state index contributed by atoms with van der Waals surface area (Å²) in [6.07, 6.45) is 6.18. The summed E-state index contributed by atoms with van der Waals surface area (Å²) in [7, 11) is 2.10. The molecule has 3 heteroatoms. The van der Waals surface area contributed by atoms with Gasteiger partial charge < -0.3 is 10.3 Å². The van der Waals surface area contributed by atoms with E-state index in [9.17, 15) is 0 Å². The number of hydrogen-bond donors (Lipinski definition) is 1. The summed E-state index contributed by atoms with van der Waals surface area (Å²) in [6.45, 7) is 2.80. The van der Waals surface area contributed by atoms with E-state index in [0.717, 1.165) is 17.5 Å². The van der Waals surface area contributed by atoms with E-state index < -0.39 is 0 Å². The largest absolute Gasteiger partial charge is 0.331 e. The molecule has 0 aliphatic rings. The topological polar surface area (TPSA) is 43.8 Å². The molecule has 0 atom stereocenters. The molecule has 0 aliphatic carbocycles. The zero-order valence-corrected chi connectivity index (χ0v) is 11.4. The van der Waals surface area contributed by atoms with Gasteiger partial charge >= 0.3 is 0 Å². The minimum Gasteiger partial charge on any atom is -0.331 e. The van der Waals surface area contributed by atoms with E-state index in [4.69, 9.17) is 10.7 Å². The quantitative estimate of drug-likeness (QED) is 0.794. The highest BCUT2D eigenvalue weighted by atomic mass is 15.1. The van der Waals surface area contributed by atoms with Crippen molar-refractivity contribution in [2.24, 2.45) is 12.8 Å². The maximum atomic E-state index is 5.77. The molecule has 3 nitrogen and oxygen atoms in total. The van der Waals surface area contributed by atoms with Gasteiger partial charge in [-0.15, -0.1) is 0 Å². The van der Waals surface area contributed by atoms with Gasteiger partial charge in [-0.2, -0.15) is 0 Å². The lowest BCUT2D eigenvalue weighted by molar-refractivity contribution is 0.642. The summed E-state index contributed by atoms with van der Waals surface area (Å²) < 4.78 is 2.21. The van der Waals surface area contributed by atoms with Gasteiger partial charge in [0.1, 0.15) is 5.82 Å². The standard InChI is InChI=1S/C15H23N3/c1-3-4-5-6-10-14-17-15-12(11-16)8-7-9-13(15)18(14)2/h7-9H,3-6,10-11,16H2,1-2H3. The molecule has 0 spiro atoms. The number of fused-ring (bicyclic) bond motifs is 1. The highest BCUT2D eigenvalue weighted by Gasteiger charge is 2.09. The first-order valence-electron chi connectivity index (χ1n) is 6.91. The molecule has 2 N–H and O–H groups in total. The number of aryl methyl sites for hydroxylation is 2. The minimum absolute atomic E-state index is 0.559. The second-order valence-corrected chi connectivity index (χ2v) is 4.89. The number of nitrogens with zero attached hydrogens (tertiary/aromatic N) is 2. The Morgan fingerprint density at radius 2 is 2.06 bits per heavy atom. The molecular formula is C15H23N3. The van der Waals surface area contributed by atoms with E-state index in [1.807, 2.05) is 0 Å². The zero-order chi connectivity index (χ0) is 13.0. The van der Waals surface area contributed by atoms with Crippen LogP contribution in [-0.2, 0) is 20.0 Å². The Balaban J connectivity index is 2.21. The fourth-order valence-electron chi connectivity index (χ4n) is 2.42. The SMILES string of the molecule is CCCCCCc1nc2c(CN)cccc2n1C. The van der Waals surface area contributed by atoms with Gasteiger partial charge in [-0.05, 0) is 18.1 Å². The van der Waals surface area contributed by atoms with Crippen LogP contribution >= 0.6 is 0 Å². The van der Waals surface area contributed by atoms with Crippen LogP contribution in [0, 0.1) is 0 Å². The molecule has 18 heavy (non-hydrogen) atoms. The van der Waals surface area contributed by atoms with Crippen LogP contribution in [0.4, 0.5) is 0 Å². The number of nitrogens with two attached hydrogens (primary N) is 1. The number of para-hydroxylation sites is 1. The molecule has 0 unspecified atom stereocenters. The summed E-state index contributed by atoms with van der Waals surface area (Å²) in [5.74, 6) is 1.18. The Kier molecular flexibility index (Phi) is 4.37. The first kappa shape index (κ1) is 13.1. The fourth-order valence-corrected chi connectivity index (χ4v) is 2.42. The lowest BCUT2D eigenvalue weighted by atomic mass is 10.1. The third kappa shape index (κ3) is 2.56. The van der Waals surface area contributed by atoms with Crippen LogP contribution in [0.3, 0.4) is 0 Å². The van der Waals surface area contributed by atoms with Gasteiger partial charge in [-0.3, -0.25) is 0 Å². The summed E-state index contributed by atoms with van der Waals surface area (Å²) >= 11 is 0. The van der Waals surface area contributed by atoms with Crippen molar-refractivity contribution in [1.29, 1.82) is 0 Å². The van der Waals surface area contributed by atoms with Crippen molar-refractivity contribution >= 4 is 11.0 Å². The lowest BCUT2D eigenvalue weighted by Crippen LogP contribution is -1.97. The summed E-state index contributed by atoms with van der Waals surface area (Å²) in [5, 5.41) is 0. The van der Waals surface area contributed by atoms with E-state index in [2.05, 4.69) is 36.7 Å². The molecule has 2 rings (SSSR count). The Morgan fingerprint density at radius 1 is 1.22 bits per heavy atom. The van der Waals surface area contributed by atoms with Crippen molar-refractivity contribution in [3.63, 3.8) is 0 Å². The highest BCUT2D eigenvalue weighted by Crippen LogP contribution is 2.20. The van der Waals surface area contributed by atoms with Crippen LogP contribution in [0.25, 0.3) is 11.0 Å². The van der Waals surface area contributed by atoms with Crippen molar-refractivity contribution in [3.05, 3.63) is 29.6 Å². The van der Waals surface area contributed by atoms with Crippen LogP contribution in [0.15, 0.2) is 18.2 Å². The molecule has 0 saturated heterocycles. The van der Waals surface area contributed by atoms with Crippen LogP contribution in [0.5, 0.6) is 0 Å². The molecule has 0 fully saturated rings. The molecule has 0 bridgehead atoms. The van der Waals surface area contributed by atoms with E-state index >= 15 is 0 Å². The zero-order valence-electron chi connectivity index (χ0n) is 11.4. The lowest BCUT2D eigenvalue weighted by Gasteiger charge is -2.02. The number of aromatic nitrogens is 2. The maximum Gasteiger partial charge on any atom is 0.109 e. The Bertz CT molecular complexity index is 514. The average Bonchev–Trinajstić information content (AvgIpc) is 2.72. The van der Waals surface area contributed by atoms with E-state index in [1.54, 1.807) is 0 Å². The number of hydrogen-bond acceptors (Lipinski definition) is 2. The van der Waals surface area contributed by atoms with Crippen LogP contribution < -0.4 is 5.73 Å². The second-order valence-electron chi connectivity index (χ2n) is 4.89. The predicted molar refractivity (Wildman–Crippen MR) is 76.5 cm³/mol. The van der Waals surface area contributed by atoms with Crippen molar-refractivity contribution < 1.29 is 0 Å². The number of benzene rings is 1. The smallest absolute Gasteiger partial charge is 0.109 e. The third-order valence-electron chi connectivity index (χ3n) is 3.56. The Morgan fingerprint density at radius 3 is 2.78 bits per heavy atom. The molecule has 98 valence electrons. The minimum atomic E-state index is 0.559. The first-order valence-corrected chi connectivity index (χ1v) is 6.91. The van der Waals surface area contributed by atoms with Gasteiger partial charge in [0.15, 0.2) is 0 Å². The molecule has 1 heterocycles. The summed E-state index contributed by atoms with van der Waals surface area (Å²) in [4.78, 5) is 4.76. The van der Waals surface area contributed by atoms with Gasteiger partial charge in [0.25, 0.3) is 0 Å². The molecule has 0 aliphatic heterocycles. The van der Waals surface area contributed by atoms with Gasteiger partial charge in [0.2, 0.25) is 0 Å². The van der Waals surface area contributed by atoms with Crippen LogP contribution in [-0.4, -0.2) is 9.55 Å². The number of rotatable bonds is 6. The maximum absolute atomic E-state index is 5.77. The third-order valence-corrected chi connectivity index (χ3v) is 3.56. The van der Waals surface area contributed by atoms with Gasteiger partial charge in [-0.25, -0.2) is 4.98 Å². The second kappa shape index (κ2) is 6.01. The highest BCUT2D eigenvalue weighted by molar-refractivity contribution is 5.79. The monoisotopic (exact) mass is 245 g/mol. The van der Waals surface area contributed by atoms with E-state index in [1.165, 1.54) is 37.0 Å². The molecule has 1 aromatic carbocycles. The van der Waals surface area contributed by atoms with Crippen LogP contribution in [0.2, 0.25) is 0 Å². The molecule has 1 aromatic heterocycles. The van der Waals surface area contributed by atoms with Gasteiger partial charge in [0, 0.05) is 20.0 Å². The molecule has 0 saturated carbocycles. The average molecular weight is 245 g/mol. The molecule has 2 aromatic rings. The van der Waals surface area contributed by atoms with Crippen molar-refractivity contribution in [1.82, 2.24) is 9.55 Å². The normalized spacial score (nSPS) is 11.3. The summed E-state index contributed by atoms with van der Waals surface area (Å²) in [6, 6.07) is 6.25. The Labute approximate surface area is 109 Å². The van der Waals surface area contributed by atoms with Crippen molar-refractivity contribution in [2.75, 3.05) is 0 Å². The van der Waals surface area contributed by atoms with E-state index in [-0.39, 0.29) is 0 Å². The molecule has 0 radical (unpaired) electrons. The fraction of sp³-hybridized carbons (Fsp3) is 0.533. The Hall–Kier alpha value is -1.35. The van der Waals surface area contributed by atoms with E-state index in [0.29, 0.717) is 6.54 Å². The van der Waals surface area contributed by atoms with Gasteiger partial charge in [-0.1, -0.05) is 38.3 Å². The van der Waals surface area contributed by atoms with Crippen molar-refractivity contribution in [2.45, 2.75) is 45.6 Å². The van der Waals surface area contributed by atoms with Crippen LogP contribution in [0.1, 0.15) is 44.0 Å². The number of imidazole rings is 1. The number of unbranched alkanes of at least 4 members (excludes halogenated alkanes) is 3. The van der Waals surface area contributed by atoms with Gasteiger partial charge in [0.05, 0.1) is 11.0 Å². The predicted octanol–water partition coefficient (Wildman–Crippen LogP) is 3.15. The first-order chi connectivity index (χ1) is 8.77. The van der Waals surface area contributed by atoms with Crippen molar-refractivity contribution in [3.8, 4) is 0 Å². The molecular weight excluding hydrogens is 222 g/mol. The molecule has 0 amide bonds.